The third-order valence-corrected chi connectivity index (χ3v) is 6.87. The highest BCUT2D eigenvalue weighted by molar-refractivity contribution is 9.13. The molecule has 0 fully saturated rings. The van der Waals surface area contributed by atoms with E-state index in [2.05, 4.69) is 31.9 Å². The molecule has 19 heavy (non-hydrogen) atoms. The molecule has 0 bridgehead atoms. The maximum absolute atomic E-state index is 12.0. The fourth-order valence-electron chi connectivity index (χ4n) is 1.37. The fraction of sp³-hybridized carbons (Fsp3) is 0.167. The van der Waals surface area contributed by atoms with Gasteiger partial charge in [0.1, 0.15) is 6.61 Å². The van der Waals surface area contributed by atoms with Crippen LogP contribution in [0.15, 0.2) is 43.5 Å². The molecule has 1 heterocycles. The van der Waals surface area contributed by atoms with Crippen molar-refractivity contribution in [3.8, 4) is 0 Å². The molecule has 0 N–H and O–H groups in total. The minimum absolute atomic E-state index is 0.0328. The number of thiophene rings is 1. The van der Waals surface area contributed by atoms with E-state index in [1.165, 1.54) is 11.3 Å². The van der Waals surface area contributed by atoms with Crippen LogP contribution in [0, 0.1) is 6.92 Å². The molecule has 102 valence electrons. The molecule has 0 radical (unpaired) electrons. The molecule has 2 rings (SSSR count). The smallest absolute Gasteiger partial charge is 0.261 e. The Balaban J connectivity index is 2.11. The number of rotatable bonds is 4. The molecule has 0 atom stereocenters. The van der Waals surface area contributed by atoms with Crippen LogP contribution in [0.25, 0.3) is 0 Å². The average molecular weight is 426 g/mol. The molecular formula is C12H10Br2O3S2. The van der Waals surface area contributed by atoms with Crippen LogP contribution in [-0.2, 0) is 20.9 Å². The van der Waals surface area contributed by atoms with Crippen LogP contribution in [0.3, 0.4) is 0 Å². The number of hydrogen-bond donors (Lipinski definition) is 0. The lowest BCUT2D eigenvalue weighted by molar-refractivity contribution is 0.311. The first-order valence-corrected chi connectivity index (χ1v) is 9.09. The molecular weight excluding hydrogens is 416 g/mol. The summed E-state index contributed by atoms with van der Waals surface area (Å²) in [4.78, 5) is 1.00. The van der Waals surface area contributed by atoms with Gasteiger partial charge >= 0.3 is 0 Å². The molecule has 1 aromatic carbocycles. The second-order valence-electron chi connectivity index (χ2n) is 3.86. The number of halogens is 2. The minimum atomic E-state index is -3.70. The Hall–Kier alpha value is -0.210. The molecule has 7 heteroatoms. The van der Waals surface area contributed by atoms with Gasteiger partial charge in [-0.2, -0.15) is 8.42 Å². The summed E-state index contributed by atoms with van der Waals surface area (Å²) in [6.45, 7) is 1.93. The Labute approximate surface area is 133 Å². The summed E-state index contributed by atoms with van der Waals surface area (Å²) < 4.78 is 30.8. The van der Waals surface area contributed by atoms with Crippen LogP contribution < -0.4 is 0 Å². The van der Waals surface area contributed by atoms with Crippen LogP contribution in [0.2, 0.25) is 0 Å². The zero-order chi connectivity index (χ0) is 14.0. The van der Waals surface area contributed by atoms with Gasteiger partial charge in [0.2, 0.25) is 0 Å². The quantitative estimate of drug-likeness (QED) is 0.678. The standard InChI is InChI=1S/C12H10Br2O3S2/c1-8-2-4-10(5-3-8)19(15,16)17-7-9-6-11(13)12(14)18-9/h2-6H,7H2,1H3. The Morgan fingerprint density at radius 3 is 2.37 bits per heavy atom. The van der Waals surface area contributed by atoms with Crippen molar-refractivity contribution in [3.63, 3.8) is 0 Å². The number of aryl methyl sites for hydroxylation is 1. The maximum atomic E-state index is 12.0. The van der Waals surface area contributed by atoms with Crippen LogP contribution in [0.4, 0.5) is 0 Å². The SMILES string of the molecule is Cc1ccc(S(=O)(=O)OCc2cc(Br)c(Br)s2)cc1. The highest BCUT2D eigenvalue weighted by atomic mass is 79.9. The van der Waals surface area contributed by atoms with Crippen LogP contribution in [0.1, 0.15) is 10.4 Å². The Morgan fingerprint density at radius 1 is 1.21 bits per heavy atom. The van der Waals surface area contributed by atoms with Gasteiger partial charge < -0.3 is 0 Å². The normalized spacial score (nSPS) is 11.7. The zero-order valence-electron chi connectivity index (χ0n) is 9.89. The third-order valence-electron chi connectivity index (χ3n) is 2.36. The Bertz CT molecular complexity index is 656. The van der Waals surface area contributed by atoms with E-state index in [9.17, 15) is 8.42 Å². The average Bonchev–Trinajstić information content (AvgIpc) is 2.67. The van der Waals surface area contributed by atoms with Crippen molar-refractivity contribution < 1.29 is 12.6 Å². The maximum Gasteiger partial charge on any atom is 0.297 e. The van der Waals surface area contributed by atoms with E-state index in [0.717, 1.165) is 18.7 Å². The molecule has 1 aromatic heterocycles. The molecule has 0 unspecified atom stereocenters. The zero-order valence-corrected chi connectivity index (χ0v) is 14.7. The third kappa shape index (κ3) is 3.88. The molecule has 0 aliphatic carbocycles. The largest absolute Gasteiger partial charge is 0.297 e. The van der Waals surface area contributed by atoms with Crippen LogP contribution >= 0.6 is 43.2 Å². The molecule has 0 aliphatic heterocycles. The lowest BCUT2D eigenvalue weighted by atomic mass is 10.2. The van der Waals surface area contributed by atoms with E-state index in [0.29, 0.717) is 0 Å². The van der Waals surface area contributed by atoms with Crippen molar-refractivity contribution in [2.75, 3.05) is 0 Å². The Morgan fingerprint density at radius 2 is 1.84 bits per heavy atom. The van der Waals surface area contributed by atoms with Gasteiger partial charge in [0, 0.05) is 9.35 Å². The second kappa shape index (κ2) is 6.05. The summed E-state index contributed by atoms with van der Waals surface area (Å²) >= 11 is 8.14. The van der Waals surface area contributed by atoms with E-state index < -0.39 is 10.1 Å². The van der Waals surface area contributed by atoms with E-state index in [-0.39, 0.29) is 11.5 Å². The fourth-order valence-corrected chi connectivity index (χ4v) is 4.42. The molecule has 0 spiro atoms. The number of benzene rings is 1. The van der Waals surface area contributed by atoms with Crippen molar-refractivity contribution in [2.45, 2.75) is 18.4 Å². The molecule has 0 aliphatic rings. The highest BCUT2D eigenvalue weighted by Gasteiger charge is 2.16. The van der Waals surface area contributed by atoms with Crippen LogP contribution in [0.5, 0.6) is 0 Å². The second-order valence-corrected chi connectivity index (χ2v) is 8.79. The van der Waals surface area contributed by atoms with Gasteiger partial charge in [0.25, 0.3) is 10.1 Å². The topological polar surface area (TPSA) is 43.4 Å². The highest BCUT2D eigenvalue weighted by Crippen LogP contribution is 2.33. The van der Waals surface area contributed by atoms with Crippen molar-refractivity contribution in [2.24, 2.45) is 0 Å². The molecule has 0 saturated heterocycles. The lowest BCUT2D eigenvalue weighted by Gasteiger charge is -2.04. The van der Waals surface area contributed by atoms with Gasteiger partial charge in [-0.05, 0) is 57.0 Å². The molecule has 2 aromatic rings. The van der Waals surface area contributed by atoms with Gasteiger partial charge in [-0.15, -0.1) is 11.3 Å². The van der Waals surface area contributed by atoms with Gasteiger partial charge in [0.15, 0.2) is 0 Å². The summed E-state index contributed by atoms with van der Waals surface area (Å²) in [5.74, 6) is 0. The van der Waals surface area contributed by atoms with Crippen molar-refractivity contribution in [3.05, 3.63) is 49.0 Å². The van der Waals surface area contributed by atoms with E-state index in [1.807, 2.05) is 13.0 Å². The van der Waals surface area contributed by atoms with E-state index in [4.69, 9.17) is 4.18 Å². The lowest BCUT2D eigenvalue weighted by Crippen LogP contribution is -2.05. The van der Waals surface area contributed by atoms with E-state index >= 15 is 0 Å². The van der Waals surface area contributed by atoms with Crippen molar-refractivity contribution >= 4 is 53.3 Å². The van der Waals surface area contributed by atoms with Gasteiger partial charge in [-0.1, -0.05) is 17.7 Å². The first-order valence-electron chi connectivity index (χ1n) is 5.28. The summed E-state index contributed by atoms with van der Waals surface area (Å²) in [5, 5.41) is 0. The predicted octanol–water partition coefficient (Wildman–Crippen LogP) is 4.49. The summed E-state index contributed by atoms with van der Waals surface area (Å²) in [7, 11) is -3.70. The summed E-state index contributed by atoms with van der Waals surface area (Å²) in [6, 6.07) is 8.42. The van der Waals surface area contributed by atoms with E-state index in [1.54, 1.807) is 24.3 Å². The van der Waals surface area contributed by atoms with Gasteiger partial charge in [-0.25, -0.2) is 0 Å². The van der Waals surface area contributed by atoms with Crippen molar-refractivity contribution in [1.29, 1.82) is 0 Å². The van der Waals surface area contributed by atoms with Gasteiger partial charge in [0.05, 0.1) is 8.68 Å². The summed E-state index contributed by atoms with van der Waals surface area (Å²) in [5.41, 5.74) is 1.00. The first kappa shape index (κ1) is 15.2. The van der Waals surface area contributed by atoms with Crippen LogP contribution in [-0.4, -0.2) is 8.42 Å². The minimum Gasteiger partial charge on any atom is -0.261 e. The molecule has 3 nitrogen and oxygen atoms in total. The summed E-state index contributed by atoms with van der Waals surface area (Å²) in [6.07, 6.45) is 0. The number of hydrogen-bond acceptors (Lipinski definition) is 4. The molecule has 0 saturated carbocycles. The predicted molar refractivity (Wildman–Crippen MR) is 82.9 cm³/mol. The van der Waals surface area contributed by atoms with Crippen molar-refractivity contribution in [1.82, 2.24) is 0 Å². The monoisotopic (exact) mass is 424 g/mol. The van der Waals surface area contributed by atoms with Gasteiger partial charge in [-0.3, -0.25) is 4.18 Å². The first-order chi connectivity index (χ1) is 8.88. The Kier molecular flexibility index (Phi) is 4.84. The molecule has 0 amide bonds.